The fourth-order valence-electron chi connectivity index (χ4n) is 2.81. The Balaban J connectivity index is 1.63. The van der Waals surface area contributed by atoms with E-state index in [4.69, 9.17) is 14.2 Å². The zero-order valence-electron chi connectivity index (χ0n) is 14.2. The molecule has 1 saturated heterocycles. The van der Waals surface area contributed by atoms with Crippen LogP contribution in [0.5, 0.6) is 0 Å². The van der Waals surface area contributed by atoms with Crippen molar-refractivity contribution in [2.75, 3.05) is 20.3 Å². The zero-order chi connectivity index (χ0) is 17.2. The Hall–Kier alpha value is -1.72. The molecule has 1 aliphatic rings. The summed E-state index contributed by atoms with van der Waals surface area (Å²) in [4.78, 5) is 23.9. The van der Waals surface area contributed by atoms with Crippen LogP contribution in [0.3, 0.4) is 0 Å². The molecule has 24 heavy (non-hydrogen) atoms. The van der Waals surface area contributed by atoms with E-state index in [9.17, 15) is 9.59 Å². The maximum absolute atomic E-state index is 12.0. The number of benzene rings is 1. The number of carbonyl (C=O) groups excluding carboxylic acids is 2. The standard InChI is InChI=1S/C19H26O5/c1-22-11-5-8-17(20)18-10-9-16(14-23-18)12-19(21)24-13-15-6-3-2-4-7-15/h2-4,6-7,16,18H,5,8-14H2,1H3/t16-,18-/m0/s1. The first kappa shape index (κ1) is 18.6. The minimum Gasteiger partial charge on any atom is -0.461 e. The summed E-state index contributed by atoms with van der Waals surface area (Å²) in [5.41, 5.74) is 0.979. The first-order chi connectivity index (χ1) is 11.7. The number of Topliss-reactive ketones (excluding diaryl/α,β-unsaturated/α-hetero) is 1. The molecular formula is C19H26O5. The summed E-state index contributed by atoms with van der Waals surface area (Å²) in [5.74, 6) is 0.0609. The van der Waals surface area contributed by atoms with Crippen molar-refractivity contribution in [3.05, 3.63) is 35.9 Å². The second-order valence-electron chi connectivity index (χ2n) is 6.18. The van der Waals surface area contributed by atoms with Gasteiger partial charge in [-0.15, -0.1) is 0 Å². The first-order valence-electron chi connectivity index (χ1n) is 8.52. The third kappa shape index (κ3) is 6.42. The molecule has 0 amide bonds. The zero-order valence-corrected chi connectivity index (χ0v) is 14.2. The van der Waals surface area contributed by atoms with E-state index in [0.717, 1.165) is 18.4 Å². The predicted molar refractivity (Wildman–Crippen MR) is 89.4 cm³/mol. The maximum atomic E-state index is 12.0. The molecule has 2 rings (SSSR count). The SMILES string of the molecule is COCCCC(=O)[C@@H]1CC[C@@H](CC(=O)OCc2ccccc2)CO1. The number of ketones is 1. The Morgan fingerprint density at radius 3 is 2.67 bits per heavy atom. The van der Waals surface area contributed by atoms with Gasteiger partial charge in [0.25, 0.3) is 0 Å². The average molecular weight is 334 g/mol. The van der Waals surface area contributed by atoms with E-state index < -0.39 is 0 Å². The highest BCUT2D eigenvalue weighted by atomic mass is 16.5. The van der Waals surface area contributed by atoms with Crippen molar-refractivity contribution in [3.63, 3.8) is 0 Å². The normalized spacial score (nSPS) is 20.5. The third-order valence-electron chi connectivity index (χ3n) is 4.20. The third-order valence-corrected chi connectivity index (χ3v) is 4.20. The molecule has 0 saturated carbocycles. The molecule has 0 aliphatic carbocycles. The fourth-order valence-corrected chi connectivity index (χ4v) is 2.81. The lowest BCUT2D eigenvalue weighted by molar-refractivity contribution is -0.148. The van der Waals surface area contributed by atoms with Crippen LogP contribution in [0, 0.1) is 5.92 Å². The van der Waals surface area contributed by atoms with Gasteiger partial charge < -0.3 is 14.2 Å². The van der Waals surface area contributed by atoms with Crippen molar-refractivity contribution < 1.29 is 23.8 Å². The van der Waals surface area contributed by atoms with Crippen LogP contribution in [-0.2, 0) is 30.4 Å². The molecule has 1 fully saturated rings. The Bertz CT molecular complexity index is 506. The molecular weight excluding hydrogens is 308 g/mol. The molecule has 0 unspecified atom stereocenters. The summed E-state index contributed by atoms with van der Waals surface area (Å²) in [6, 6.07) is 9.62. The summed E-state index contributed by atoms with van der Waals surface area (Å²) in [6.45, 7) is 1.34. The molecule has 2 atom stereocenters. The second-order valence-corrected chi connectivity index (χ2v) is 6.18. The summed E-state index contributed by atoms with van der Waals surface area (Å²) in [5, 5.41) is 0. The molecule has 0 N–H and O–H groups in total. The Labute approximate surface area is 143 Å². The molecule has 1 heterocycles. The minimum atomic E-state index is -0.321. The average Bonchev–Trinajstić information content (AvgIpc) is 2.61. The second kappa shape index (κ2) is 10.2. The quantitative estimate of drug-likeness (QED) is 0.513. The van der Waals surface area contributed by atoms with Crippen molar-refractivity contribution in [3.8, 4) is 0 Å². The van der Waals surface area contributed by atoms with E-state index in [0.29, 0.717) is 39.1 Å². The number of esters is 1. The van der Waals surface area contributed by atoms with Gasteiger partial charge in [-0.2, -0.15) is 0 Å². The van der Waals surface area contributed by atoms with E-state index in [2.05, 4.69) is 0 Å². The molecule has 1 aromatic rings. The largest absolute Gasteiger partial charge is 0.461 e. The van der Waals surface area contributed by atoms with E-state index in [1.165, 1.54) is 0 Å². The molecule has 1 aliphatic heterocycles. The number of methoxy groups -OCH3 is 1. The van der Waals surface area contributed by atoms with Gasteiger partial charge in [0.15, 0.2) is 5.78 Å². The van der Waals surface area contributed by atoms with E-state index >= 15 is 0 Å². The van der Waals surface area contributed by atoms with Crippen LogP contribution in [0.15, 0.2) is 30.3 Å². The number of hydrogen-bond acceptors (Lipinski definition) is 5. The van der Waals surface area contributed by atoms with Gasteiger partial charge in [0, 0.05) is 20.1 Å². The summed E-state index contributed by atoms with van der Waals surface area (Å²) >= 11 is 0. The summed E-state index contributed by atoms with van der Waals surface area (Å²) < 4.78 is 15.9. The van der Waals surface area contributed by atoms with Crippen LogP contribution in [-0.4, -0.2) is 38.2 Å². The number of carbonyl (C=O) groups is 2. The lowest BCUT2D eigenvalue weighted by Gasteiger charge is -2.27. The van der Waals surface area contributed by atoms with Gasteiger partial charge in [0.1, 0.15) is 12.7 Å². The van der Waals surface area contributed by atoms with E-state index in [1.54, 1.807) is 7.11 Å². The number of rotatable bonds is 9. The highest BCUT2D eigenvalue weighted by Crippen LogP contribution is 2.23. The van der Waals surface area contributed by atoms with Gasteiger partial charge in [-0.05, 0) is 30.7 Å². The number of ether oxygens (including phenoxy) is 3. The van der Waals surface area contributed by atoms with E-state index in [1.807, 2.05) is 30.3 Å². The molecule has 1 aromatic carbocycles. The van der Waals surface area contributed by atoms with Gasteiger partial charge in [0.05, 0.1) is 13.0 Å². The van der Waals surface area contributed by atoms with Gasteiger partial charge >= 0.3 is 5.97 Å². The van der Waals surface area contributed by atoms with Crippen molar-refractivity contribution in [2.45, 2.75) is 44.8 Å². The monoisotopic (exact) mass is 334 g/mol. The van der Waals surface area contributed by atoms with Crippen molar-refractivity contribution in [2.24, 2.45) is 5.92 Å². The Morgan fingerprint density at radius 2 is 2.00 bits per heavy atom. The molecule has 132 valence electrons. The van der Waals surface area contributed by atoms with Crippen LogP contribution in [0.2, 0.25) is 0 Å². The van der Waals surface area contributed by atoms with Crippen LogP contribution in [0.25, 0.3) is 0 Å². The number of hydrogen-bond donors (Lipinski definition) is 0. The molecule has 0 radical (unpaired) electrons. The first-order valence-corrected chi connectivity index (χ1v) is 8.52. The topological polar surface area (TPSA) is 61.8 Å². The predicted octanol–water partition coefficient (Wildman–Crippen LogP) is 2.91. The van der Waals surface area contributed by atoms with Gasteiger partial charge in [0.2, 0.25) is 0 Å². The van der Waals surface area contributed by atoms with Gasteiger partial charge in [-0.3, -0.25) is 9.59 Å². The van der Waals surface area contributed by atoms with Crippen LogP contribution in [0.4, 0.5) is 0 Å². The molecule has 0 spiro atoms. The fraction of sp³-hybridized carbons (Fsp3) is 0.579. The summed E-state index contributed by atoms with van der Waals surface area (Å²) in [6.07, 6.45) is 2.74. The van der Waals surface area contributed by atoms with Crippen molar-refractivity contribution in [1.29, 1.82) is 0 Å². The Kier molecular flexibility index (Phi) is 7.92. The van der Waals surface area contributed by atoms with Crippen molar-refractivity contribution in [1.82, 2.24) is 0 Å². The lowest BCUT2D eigenvalue weighted by Crippen LogP contribution is -2.33. The van der Waals surface area contributed by atoms with Crippen LogP contribution < -0.4 is 0 Å². The van der Waals surface area contributed by atoms with Gasteiger partial charge in [-0.25, -0.2) is 0 Å². The highest BCUT2D eigenvalue weighted by molar-refractivity contribution is 5.83. The lowest BCUT2D eigenvalue weighted by atomic mass is 9.93. The van der Waals surface area contributed by atoms with Crippen molar-refractivity contribution >= 4 is 11.8 Å². The maximum Gasteiger partial charge on any atom is 0.306 e. The Morgan fingerprint density at radius 1 is 1.21 bits per heavy atom. The van der Waals surface area contributed by atoms with Gasteiger partial charge in [-0.1, -0.05) is 30.3 Å². The van der Waals surface area contributed by atoms with Crippen LogP contribution >= 0.6 is 0 Å². The molecule has 0 aromatic heterocycles. The molecule has 5 heteroatoms. The minimum absolute atomic E-state index is 0.135. The summed E-state index contributed by atoms with van der Waals surface area (Å²) in [7, 11) is 1.63. The highest BCUT2D eigenvalue weighted by Gasteiger charge is 2.28. The smallest absolute Gasteiger partial charge is 0.306 e. The molecule has 0 bridgehead atoms. The van der Waals surface area contributed by atoms with E-state index in [-0.39, 0.29) is 23.8 Å². The molecule has 5 nitrogen and oxygen atoms in total. The van der Waals surface area contributed by atoms with Crippen LogP contribution in [0.1, 0.15) is 37.7 Å².